The van der Waals surface area contributed by atoms with Crippen molar-refractivity contribution in [3.8, 4) is 0 Å². The van der Waals surface area contributed by atoms with E-state index in [1.54, 1.807) is 17.5 Å². The summed E-state index contributed by atoms with van der Waals surface area (Å²) in [5, 5.41) is 13.0. The van der Waals surface area contributed by atoms with Crippen LogP contribution in [0.2, 0.25) is 0 Å². The lowest BCUT2D eigenvalue weighted by atomic mass is 10.4. The Kier molecular flexibility index (Phi) is 2.26. The molecule has 0 radical (unpaired) electrons. The average molecular weight is 231 g/mol. The lowest BCUT2D eigenvalue weighted by molar-refractivity contribution is 1.08. The van der Waals surface area contributed by atoms with Crippen molar-refractivity contribution in [2.24, 2.45) is 0 Å². The summed E-state index contributed by atoms with van der Waals surface area (Å²) in [7, 11) is 0. The minimum Gasteiger partial charge on any atom is -0.364 e. The fourth-order valence-electron chi connectivity index (χ4n) is 1.49. The second-order valence-corrected chi connectivity index (χ2v) is 4.32. The van der Waals surface area contributed by atoms with Crippen LogP contribution in [0.15, 0.2) is 30.0 Å². The Morgan fingerprint density at radius 1 is 1.38 bits per heavy atom. The molecule has 3 aromatic heterocycles. The number of hydrogen-bond donors (Lipinski definition) is 2. The molecule has 0 aromatic carbocycles. The quantitative estimate of drug-likeness (QED) is 0.723. The lowest BCUT2D eigenvalue weighted by Crippen LogP contribution is -2.00. The van der Waals surface area contributed by atoms with Crippen LogP contribution in [0.3, 0.4) is 0 Å². The molecule has 0 fully saturated rings. The lowest BCUT2D eigenvalue weighted by Gasteiger charge is -2.03. The van der Waals surface area contributed by atoms with E-state index < -0.39 is 0 Å². The molecule has 0 amide bonds. The molecule has 6 heteroatoms. The van der Waals surface area contributed by atoms with E-state index >= 15 is 0 Å². The minimum absolute atomic E-state index is 0.753. The first-order valence-electron chi connectivity index (χ1n) is 4.84. The Bertz CT molecular complexity index is 586. The molecule has 80 valence electrons. The summed E-state index contributed by atoms with van der Waals surface area (Å²) in [6.07, 6.45) is 3.25. The van der Waals surface area contributed by atoms with Crippen molar-refractivity contribution in [3.05, 3.63) is 34.9 Å². The number of anilines is 1. The van der Waals surface area contributed by atoms with Crippen LogP contribution in [0, 0.1) is 0 Å². The molecule has 0 aliphatic heterocycles. The van der Waals surface area contributed by atoms with E-state index in [2.05, 4.69) is 36.9 Å². The number of H-pyrrole nitrogens is 1. The molecule has 2 N–H and O–H groups in total. The van der Waals surface area contributed by atoms with Gasteiger partial charge in [0.25, 0.3) is 0 Å². The first kappa shape index (κ1) is 9.29. The largest absolute Gasteiger partial charge is 0.364 e. The number of rotatable bonds is 3. The van der Waals surface area contributed by atoms with Gasteiger partial charge in [-0.05, 0) is 11.4 Å². The zero-order valence-electron chi connectivity index (χ0n) is 8.34. The van der Waals surface area contributed by atoms with E-state index in [9.17, 15) is 0 Å². The summed E-state index contributed by atoms with van der Waals surface area (Å²) < 4.78 is 0. The summed E-state index contributed by atoms with van der Waals surface area (Å²) >= 11 is 1.72. The van der Waals surface area contributed by atoms with Crippen LogP contribution in [-0.2, 0) is 6.54 Å². The summed E-state index contributed by atoms with van der Waals surface area (Å²) in [5.41, 5.74) is 0.753. The maximum Gasteiger partial charge on any atom is 0.160 e. The Morgan fingerprint density at radius 3 is 3.25 bits per heavy atom. The monoisotopic (exact) mass is 231 g/mol. The van der Waals surface area contributed by atoms with E-state index in [-0.39, 0.29) is 0 Å². The molecule has 0 atom stereocenters. The van der Waals surface area contributed by atoms with Gasteiger partial charge in [-0.15, -0.1) is 11.3 Å². The molecule has 0 saturated heterocycles. The molecule has 0 unspecified atom stereocenters. The molecule has 3 heterocycles. The third kappa shape index (κ3) is 1.63. The Hall–Kier alpha value is -1.95. The summed E-state index contributed by atoms with van der Waals surface area (Å²) in [5.74, 6) is 0.812. The molecular formula is C10H9N5S. The molecular weight excluding hydrogens is 222 g/mol. The van der Waals surface area contributed by atoms with Gasteiger partial charge in [0.15, 0.2) is 5.65 Å². The van der Waals surface area contributed by atoms with Crippen LogP contribution in [0.4, 0.5) is 5.82 Å². The predicted molar refractivity (Wildman–Crippen MR) is 63.3 cm³/mol. The molecule has 16 heavy (non-hydrogen) atoms. The molecule has 0 aliphatic rings. The second-order valence-electron chi connectivity index (χ2n) is 3.29. The smallest absolute Gasteiger partial charge is 0.160 e. The van der Waals surface area contributed by atoms with E-state index in [0.29, 0.717) is 0 Å². The number of thiophene rings is 1. The van der Waals surface area contributed by atoms with E-state index in [1.165, 1.54) is 11.2 Å². The molecule has 5 nitrogen and oxygen atoms in total. The van der Waals surface area contributed by atoms with Gasteiger partial charge in [-0.1, -0.05) is 6.07 Å². The van der Waals surface area contributed by atoms with Gasteiger partial charge in [-0.3, -0.25) is 5.10 Å². The Morgan fingerprint density at radius 2 is 2.38 bits per heavy atom. The Balaban J connectivity index is 1.86. The van der Waals surface area contributed by atoms with E-state index in [4.69, 9.17) is 0 Å². The average Bonchev–Trinajstić information content (AvgIpc) is 2.97. The third-order valence-corrected chi connectivity index (χ3v) is 3.13. The first-order chi connectivity index (χ1) is 7.93. The maximum atomic E-state index is 4.20. The highest BCUT2D eigenvalue weighted by Gasteiger charge is 2.04. The predicted octanol–water partition coefficient (Wildman–Crippen LogP) is 2.03. The number of nitrogens with zero attached hydrogens (tertiary/aromatic N) is 3. The SMILES string of the molecule is c1csc(CNc2ncnc3[nH]ncc23)c1. The summed E-state index contributed by atoms with van der Waals surface area (Å²) in [4.78, 5) is 9.55. The first-order valence-corrected chi connectivity index (χ1v) is 5.72. The fraction of sp³-hybridized carbons (Fsp3) is 0.100. The van der Waals surface area contributed by atoms with Crippen LogP contribution in [0.25, 0.3) is 11.0 Å². The highest BCUT2D eigenvalue weighted by molar-refractivity contribution is 7.09. The van der Waals surface area contributed by atoms with Gasteiger partial charge >= 0.3 is 0 Å². The van der Waals surface area contributed by atoms with Crippen LogP contribution in [0.1, 0.15) is 4.88 Å². The van der Waals surface area contributed by atoms with Gasteiger partial charge in [-0.25, -0.2) is 9.97 Å². The van der Waals surface area contributed by atoms with Crippen LogP contribution in [0.5, 0.6) is 0 Å². The van der Waals surface area contributed by atoms with E-state index in [0.717, 1.165) is 23.4 Å². The van der Waals surface area contributed by atoms with Crippen molar-refractivity contribution in [3.63, 3.8) is 0 Å². The van der Waals surface area contributed by atoms with Crippen molar-refractivity contribution in [1.29, 1.82) is 0 Å². The number of nitrogens with one attached hydrogen (secondary N) is 2. The molecule has 0 bridgehead atoms. The standard InChI is InChI=1S/C10H9N5S/c1-2-7(16-3-1)4-11-9-8-5-14-15-10(8)13-6-12-9/h1-3,5-6H,4H2,(H2,11,12,13,14,15). The van der Waals surface area contributed by atoms with Crippen molar-refractivity contribution >= 4 is 28.2 Å². The van der Waals surface area contributed by atoms with Crippen molar-refractivity contribution in [1.82, 2.24) is 20.2 Å². The zero-order chi connectivity index (χ0) is 10.8. The highest BCUT2D eigenvalue weighted by atomic mass is 32.1. The molecule has 0 saturated carbocycles. The molecule has 3 rings (SSSR count). The topological polar surface area (TPSA) is 66.5 Å². The number of fused-ring (bicyclic) bond motifs is 1. The van der Waals surface area contributed by atoms with Crippen LogP contribution >= 0.6 is 11.3 Å². The van der Waals surface area contributed by atoms with Gasteiger partial charge in [-0.2, -0.15) is 5.10 Å². The molecule has 3 aromatic rings. The van der Waals surface area contributed by atoms with Crippen LogP contribution in [-0.4, -0.2) is 20.2 Å². The van der Waals surface area contributed by atoms with Gasteiger partial charge in [0.05, 0.1) is 18.1 Å². The zero-order valence-corrected chi connectivity index (χ0v) is 9.16. The molecule has 0 aliphatic carbocycles. The number of aromatic amines is 1. The van der Waals surface area contributed by atoms with Crippen molar-refractivity contribution in [2.75, 3.05) is 5.32 Å². The van der Waals surface area contributed by atoms with Crippen molar-refractivity contribution < 1.29 is 0 Å². The maximum absolute atomic E-state index is 4.20. The van der Waals surface area contributed by atoms with Crippen molar-refractivity contribution in [2.45, 2.75) is 6.54 Å². The fourth-order valence-corrected chi connectivity index (χ4v) is 2.13. The van der Waals surface area contributed by atoms with Crippen LogP contribution < -0.4 is 5.32 Å². The number of hydrogen-bond acceptors (Lipinski definition) is 5. The minimum atomic E-state index is 0.753. The van der Waals surface area contributed by atoms with Gasteiger partial charge in [0, 0.05) is 4.88 Å². The normalized spacial score (nSPS) is 10.8. The molecule has 0 spiro atoms. The third-order valence-electron chi connectivity index (χ3n) is 2.26. The summed E-state index contributed by atoms with van der Waals surface area (Å²) in [6.45, 7) is 0.773. The second kappa shape index (κ2) is 3.90. The van der Waals surface area contributed by atoms with Gasteiger partial charge in [0.2, 0.25) is 0 Å². The van der Waals surface area contributed by atoms with Gasteiger partial charge in [0.1, 0.15) is 12.1 Å². The number of aromatic nitrogens is 4. The summed E-state index contributed by atoms with van der Waals surface area (Å²) in [6, 6.07) is 4.13. The van der Waals surface area contributed by atoms with Gasteiger partial charge < -0.3 is 5.32 Å². The Labute approximate surface area is 95.6 Å². The van der Waals surface area contributed by atoms with E-state index in [1.807, 2.05) is 6.07 Å². The highest BCUT2D eigenvalue weighted by Crippen LogP contribution is 2.17.